The minimum Gasteiger partial charge on any atom is -0.367 e. The number of nitrogens with zero attached hydrogens (tertiary/aromatic N) is 1. The Morgan fingerprint density at radius 2 is 2.11 bits per heavy atom. The molecule has 0 aromatic heterocycles. The predicted octanol–water partition coefficient (Wildman–Crippen LogP) is 3.22. The van der Waals surface area contributed by atoms with Crippen molar-refractivity contribution in [1.29, 1.82) is 0 Å². The molecule has 0 spiro atoms. The van der Waals surface area contributed by atoms with Crippen LogP contribution >= 0.6 is 0 Å². The lowest BCUT2D eigenvalue weighted by Gasteiger charge is -2.40. The van der Waals surface area contributed by atoms with E-state index in [2.05, 4.69) is 48.3 Å². The highest BCUT2D eigenvalue weighted by atomic mass is 15.2. The van der Waals surface area contributed by atoms with Crippen molar-refractivity contribution in [3.05, 3.63) is 29.8 Å². The van der Waals surface area contributed by atoms with Gasteiger partial charge in [-0.3, -0.25) is 0 Å². The molecule has 19 heavy (non-hydrogen) atoms. The monoisotopic (exact) mass is 258 g/mol. The van der Waals surface area contributed by atoms with Crippen molar-refractivity contribution in [2.45, 2.75) is 51.6 Å². The van der Waals surface area contributed by atoms with Crippen molar-refractivity contribution in [1.82, 2.24) is 5.32 Å². The lowest BCUT2D eigenvalue weighted by Crippen LogP contribution is -2.47. The summed E-state index contributed by atoms with van der Waals surface area (Å²) in [4.78, 5) is 2.65. The van der Waals surface area contributed by atoms with E-state index in [1.165, 1.54) is 43.5 Å². The van der Waals surface area contributed by atoms with Crippen LogP contribution in [0.5, 0.6) is 0 Å². The minimum absolute atomic E-state index is 0.643. The Hall–Kier alpha value is -1.02. The van der Waals surface area contributed by atoms with E-state index in [9.17, 15) is 0 Å². The van der Waals surface area contributed by atoms with E-state index in [1.54, 1.807) is 0 Å². The average molecular weight is 258 g/mol. The fourth-order valence-corrected chi connectivity index (χ4v) is 3.25. The molecule has 2 nitrogen and oxygen atoms in total. The lowest BCUT2D eigenvalue weighted by atomic mass is 9.92. The third-order valence-electron chi connectivity index (χ3n) is 4.51. The quantitative estimate of drug-likeness (QED) is 0.872. The van der Waals surface area contributed by atoms with E-state index in [1.807, 2.05) is 0 Å². The van der Waals surface area contributed by atoms with Gasteiger partial charge in [-0.2, -0.15) is 0 Å². The number of fused-ring (bicyclic) bond motifs is 1. The van der Waals surface area contributed by atoms with Crippen LogP contribution in [0.15, 0.2) is 24.3 Å². The lowest BCUT2D eigenvalue weighted by molar-refractivity contribution is 0.452. The van der Waals surface area contributed by atoms with Crippen molar-refractivity contribution in [3.63, 3.8) is 0 Å². The molecule has 104 valence electrons. The van der Waals surface area contributed by atoms with Gasteiger partial charge in [-0.15, -0.1) is 0 Å². The molecule has 0 amide bonds. The standard InChI is InChI=1S/C17H26N2/c1-3-16(11-18-15-8-9-15)19-12-13(2)10-14-6-4-5-7-17(14)19/h4-7,13,15-16,18H,3,8-12H2,1-2H3. The molecular formula is C17H26N2. The molecular weight excluding hydrogens is 232 g/mol. The highest BCUT2D eigenvalue weighted by Crippen LogP contribution is 2.31. The number of hydrogen-bond acceptors (Lipinski definition) is 2. The topological polar surface area (TPSA) is 15.3 Å². The number of para-hydroxylation sites is 1. The van der Waals surface area contributed by atoms with Crippen molar-refractivity contribution < 1.29 is 0 Å². The van der Waals surface area contributed by atoms with Crippen LogP contribution in [-0.4, -0.2) is 25.2 Å². The summed E-state index contributed by atoms with van der Waals surface area (Å²) in [7, 11) is 0. The first kappa shape index (κ1) is 13.0. The maximum absolute atomic E-state index is 3.71. The van der Waals surface area contributed by atoms with Crippen LogP contribution in [0.4, 0.5) is 5.69 Å². The fourth-order valence-electron chi connectivity index (χ4n) is 3.25. The molecule has 1 aromatic rings. The summed E-state index contributed by atoms with van der Waals surface area (Å²) in [5.41, 5.74) is 3.01. The van der Waals surface area contributed by atoms with Crippen LogP contribution < -0.4 is 10.2 Å². The second-order valence-electron chi connectivity index (χ2n) is 6.33. The fraction of sp³-hybridized carbons (Fsp3) is 0.647. The summed E-state index contributed by atoms with van der Waals surface area (Å²) in [6.45, 7) is 7.05. The van der Waals surface area contributed by atoms with Crippen LogP contribution in [0.25, 0.3) is 0 Å². The van der Waals surface area contributed by atoms with Gasteiger partial charge in [-0.1, -0.05) is 32.0 Å². The van der Waals surface area contributed by atoms with Gasteiger partial charge in [0, 0.05) is 30.9 Å². The van der Waals surface area contributed by atoms with Gasteiger partial charge >= 0.3 is 0 Å². The van der Waals surface area contributed by atoms with Gasteiger partial charge in [0.1, 0.15) is 0 Å². The molecule has 0 radical (unpaired) electrons. The van der Waals surface area contributed by atoms with Gasteiger partial charge < -0.3 is 10.2 Å². The first-order valence-corrected chi connectivity index (χ1v) is 7.86. The molecule has 1 fully saturated rings. The zero-order chi connectivity index (χ0) is 13.2. The van der Waals surface area contributed by atoms with Crippen LogP contribution in [-0.2, 0) is 6.42 Å². The van der Waals surface area contributed by atoms with E-state index in [-0.39, 0.29) is 0 Å². The Labute approximate surface area is 117 Å². The van der Waals surface area contributed by atoms with E-state index in [0.717, 1.165) is 18.5 Å². The molecule has 3 rings (SSSR count). The average Bonchev–Trinajstić information content (AvgIpc) is 3.23. The molecule has 2 unspecified atom stereocenters. The Kier molecular flexibility index (Phi) is 3.79. The third-order valence-corrected chi connectivity index (χ3v) is 4.51. The van der Waals surface area contributed by atoms with Gasteiger partial charge in [0.15, 0.2) is 0 Å². The van der Waals surface area contributed by atoms with Crippen LogP contribution in [0.2, 0.25) is 0 Å². The van der Waals surface area contributed by atoms with Gasteiger partial charge in [-0.25, -0.2) is 0 Å². The second-order valence-corrected chi connectivity index (χ2v) is 6.33. The molecule has 1 aliphatic heterocycles. The molecule has 1 saturated carbocycles. The molecule has 2 atom stereocenters. The van der Waals surface area contributed by atoms with Crippen molar-refractivity contribution in [2.75, 3.05) is 18.0 Å². The Morgan fingerprint density at radius 1 is 1.32 bits per heavy atom. The molecule has 2 heteroatoms. The van der Waals surface area contributed by atoms with Crippen LogP contribution in [0.1, 0.15) is 38.7 Å². The van der Waals surface area contributed by atoms with Gasteiger partial charge in [0.25, 0.3) is 0 Å². The van der Waals surface area contributed by atoms with Gasteiger partial charge in [0.05, 0.1) is 0 Å². The number of rotatable bonds is 5. The Bertz CT molecular complexity index is 425. The molecule has 1 aromatic carbocycles. The maximum atomic E-state index is 3.71. The Morgan fingerprint density at radius 3 is 2.84 bits per heavy atom. The van der Waals surface area contributed by atoms with Crippen molar-refractivity contribution >= 4 is 5.69 Å². The SMILES string of the molecule is CCC(CNC1CC1)N1CC(C)Cc2ccccc21. The summed E-state index contributed by atoms with van der Waals surface area (Å²) in [6.07, 6.45) is 5.22. The van der Waals surface area contributed by atoms with E-state index >= 15 is 0 Å². The highest BCUT2D eigenvalue weighted by molar-refractivity contribution is 5.56. The molecule has 2 aliphatic rings. The van der Waals surface area contributed by atoms with Gasteiger partial charge in [-0.05, 0) is 43.2 Å². The predicted molar refractivity (Wildman–Crippen MR) is 81.8 cm³/mol. The van der Waals surface area contributed by atoms with E-state index < -0.39 is 0 Å². The normalized spacial score (nSPS) is 24.1. The second kappa shape index (κ2) is 5.54. The smallest absolute Gasteiger partial charge is 0.0412 e. The maximum Gasteiger partial charge on any atom is 0.0412 e. The zero-order valence-corrected chi connectivity index (χ0v) is 12.2. The van der Waals surface area contributed by atoms with Crippen LogP contribution in [0, 0.1) is 5.92 Å². The first-order chi connectivity index (χ1) is 9.28. The Balaban J connectivity index is 1.77. The number of nitrogens with one attached hydrogen (secondary N) is 1. The molecule has 0 saturated heterocycles. The zero-order valence-electron chi connectivity index (χ0n) is 12.2. The highest BCUT2D eigenvalue weighted by Gasteiger charge is 2.28. The summed E-state index contributed by atoms with van der Waals surface area (Å²) in [5, 5.41) is 3.71. The minimum atomic E-state index is 0.643. The molecule has 1 heterocycles. The third kappa shape index (κ3) is 2.94. The number of benzene rings is 1. The van der Waals surface area contributed by atoms with Gasteiger partial charge in [0.2, 0.25) is 0 Å². The summed E-state index contributed by atoms with van der Waals surface area (Å²) in [6, 6.07) is 10.4. The van der Waals surface area contributed by atoms with Crippen molar-refractivity contribution in [2.24, 2.45) is 5.92 Å². The molecule has 1 N–H and O–H groups in total. The molecule has 0 bridgehead atoms. The van der Waals surface area contributed by atoms with Crippen molar-refractivity contribution in [3.8, 4) is 0 Å². The number of anilines is 1. The van der Waals surface area contributed by atoms with Crippen LogP contribution in [0.3, 0.4) is 0 Å². The molecule has 1 aliphatic carbocycles. The first-order valence-electron chi connectivity index (χ1n) is 7.86. The number of hydrogen-bond donors (Lipinski definition) is 1. The summed E-state index contributed by atoms with van der Waals surface area (Å²) >= 11 is 0. The van der Waals surface area contributed by atoms with E-state index in [0.29, 0.717) is 6.04 Å². The largest absolute Gasteiger partial charge is 0.367 e. The summed E-state index contributed by atoms with van der Waals surface area (Å²) < 4.78 is 0. The summed E-state index contributed by atoms with van der Waals surface area (Å²) in [5.74, 6) is 0.768. The van der Waals surface area contributed by atoms with E-state index in [4.69, 9.17) is 0 Å².